The van der Waals surface area contributed by atoms with Crippen LogP contribution in [0.25, 0.3) is 0 Å². The topological polar surface area (TPSA) is 18.5 Å². The van der Waals surface area contributed by atoms with E-state index in [0.717, 1.165) is 13.0 Å². The average molecular weight is 230 g/mol. The molecule has 98 valence electrons. The van der Waals surface area contributed by atoms with Gasteiger partial charge in [-0.25, -0.2) is 0 Å². The summed E-state index contributed by atoms with van der Waals surface area (Å²) in [6.45, 7) is 17.9. The Morgan fingerprint density at radius 1 is 0.938 bits per heavy atom. The zero-order valence-corrected chi connectivity index (χ0v) is 12.4. The first-order valence-electron chi connectivity index (χ1n) is 6.35. The van der Waals surface area contributed by atoms with Crippen LogP contribution in [-0.2, 0) is 9.47 Å². The normalized spacial score (nSPS) is 15.6. The maximum atomic E-state index is 5.97. The summed E-state index contributed by atoms with van der Waals surface area (Å²) in [6.07, 6.45) is 1.53. The number of ether oxygens (including phenoxy) is 2. The van der Waals surface area contributed by atoms with E-state index >= 15 is 0 Å². The van der Waals surface area contributed by atoms with E-state index in [1.165, 1.54) is 0 Å². The van der Waals surface area contributed by atoms with Crippen molar-refractivity contribution in [3.8, 4) is 0 Å². The molecule has 0 aliphatic heterocycles. The van der Waals surface area contributed by atoms with Gasteiger partial charge in [0.1, 0.15) is 0 Å². The zero-order valence-electron chi connectivity index (χ0n) is 12.4. The van der Waals surface area contributed by atoms with E-state index in [0.29, 0.717) is 6.10 Å². The van der Waals surface area contributed by atoms with Crippen LogP contribution in [0.15, 0.2) is 0 Å². The summed E-state index contributed by atoms with van der Waals surface area (Å²) in [7, 11) is 0. The maximum absolute atomic E-state index is 5.97. The third kappa shape index (κ3) is 5.86. The van der Waals surface area contributed by atoms with Gasteiger partial charge in [0.05, 0.1) is 17.8 Å². The van der Waals surface area contributed by atoms with E-state index in [-0.39, 0.29) is 17.1 Å². The molecule has 0 aromatic carbocycles. The molecule has 0 aromatic rings. The van der Waals surface area contributed by atoms with E-state index in [9.17, 15) is 0 Å². The third-order valence-corrected chi connectivity index (χ3v) is 3.30. The molecular weight excluding hydrogens is 200 g/mol. The van der Waals surface area contributed by atoms with Gasteiger partial charge in [0.25, 0.3) is 0 Å². The third-order valence-electron chi connectivity index (χ3n) is 3.30. The summed E-state index contributed by atoms with van der Waals surface area (Å²) in [4.78, 5) is 0. The van der Waals surface area contributed by atoms with Gasteiger partial charge in [-0.15, -0.1) is 0 Å². The van der Waals surface area contributed by atoms with Crippen LogP contribution in [0, 0.1) is 5.41 Å². The minimum absolute atomic E-state index is 0.0927. The fraction of sp³-hybridized carbons (Fsp3) is 1.00. The van der Waals surface area contributed by atoms with Gasteiger partial charge in [0.15, 0.2) is 0 Å². The van der Waals surface area contributed by atoms with Crippen molar-refractivity contribution < 1.29 is 9.47 Å². The molecule has 0 saturated carbocycles. The molecule has 2 heteroatoms. The second-order valence-electron chi connectivity index (χ2n) is 6.39. The number of hydrogen-bond donors (Lipinski definition) is 0. The highest BCUT2D eigenvalue weighted by atomic mass is 16.5. The van der Waals surface area contributed by atoms with Crippen LogP contribution in [0.5, 0.6) is 0 Å². The first-order valence-corrected chi connectivity index (χ1v) is 6.35. The first-order chi connectivity index (χ1) is 7.06. The Labute approximate surface area is 102 Å². The van der Waals surface area contributed by atoms with Crippen molar-refractivity contribution >= 4 is 0 Å². The highest BCUT2D eigenvalue weighted by Gasteiger charge is 2.33. The minimum atomic E-state index is -0.0927. The van der Waals surface area contributed by atoms with E-state index in [4.69, 9.17) is 9.47 Å². The molecular formula is C14H30O2. The van der Waals surface area contributed by atoms with Gasteiger partial charge in [0.2, 0.25) is 0 Å². The lowest BCUT2D eigenvalue weighted by Gasteiger charge is -2.39. The van der Waals surface area contributed by atoms with Gasteiger partial charge in [-0.05, 0) is 46.5 Å². The van der Waals surface area contributed by atoms with Gasteiger partial charge >= 0.3 is 0 Å². The summed E-state index contributed by atoms with van der Waals surface area (Å²) in [5.41, 5.74) is 0.0691. The van der Waals surface area contributed by atoms with Crippen LogP contribution in [0.1, 0.15) is 61.8 Å². The molecule has 1 atom stereocenters. The predicted octanol–water partition coefficient (Wildman–Crippen LogP) is 4.03. The van der Waals surface area contributed by atoms with Gasteiger partial charge < -0.3 is 9.47 Å². The SMILES string of the molecule is CC(C)OC(C)CCOC(C)(C)C(C)(C)C. The summed E-state index contributed by atoms with van der Waals surface area (Å²) in [5, 5.41) is 0. The molecule has 0 rings (SSSR count). The molecule has 0 heterocycles. The molecule has 2 nitrogen and oxygen atoms in total. The Bertz CT molecular complexity index is 189. The quantitative estimate of drug-likeness (QED) is 0.686. The predicted molar refractivity (Wildman–Crippen MR) is 69.8 cm³/mol. The van der Waals surface area contributed by atoms with Gasteiger partial charge in [0, 0.05) is 6.61 Å². The molecule has 16 heavy (non-hydrogen) atoms. The summed E-state index contributed by atoms with van der Waals surface area (Å²) in [6, 6.07) is 0. The summed E-state index contributed by atoms with van der Waals surface area (Å²) in [5.74, 6) is 0. The smallest absolute Gasteiger partial charge is 0.0674 e. The van der Waals surface area contributed by atoms with Crippen molar-refractivity contribution in [2.75, 3.05) is 6.61 Å². The Hall–Kier alpha value is -0.0800. The Morgan fingerprint density at radius 3 is 1.81 bits per heavy atom. The van der Waals surface area contributed by atoms with E-state index in [2.05, 4.69) is 55.4 Å². The van der Waals surface area contributed by atoms with Crippen LogP contribution in [-0.4, -0.2) is 24.4 Å². The van der Waals surface area contributed by atoms with Crippen molar-refractivity contribution in [1.29, 1.82) is 0 Å². The molecule has 0 bridgehead atoms. The molecule has 0 aliphatic carbocycles. The van der Waals surface area contributed by atoms with Gasteiger partial charge in [-0.3, -0.25) is 0 Å². The van der Waals surface area contributed by atoms with Crippen molar-refractivity contribution in [1.82, 2.24) is 0 Å². The van der Waals surface area contributed by atoms with Gasteiger partial charge in [-0.1, -0.05) is 20.8 Å². The second-order valence-corrected chi connectivity index (χ2v) is 6.39. The largest absolute Gasteiger partial charge is 0.376 e. The van der Waals surface area contributed by atoms with Crippen molar-refractivity contribution in [3.05, 3.63) is 0 Å². The fourth-order valence-corrected chi connectivity index (χ4v) is 1.23. The minimum Gasteiger partial charge on any atom is -0.376 e. The maximum Gasteiger partial charge on any atom is 0.0674 e. The monoisotopic (exact) mass is 230 g/mol. The van der Waals surface area contributed by atoms with Crippen LogP contribution in [0.3, 0.4) is 0 Å². The molecule has 0 saturated heterocycles. The van der Waals surface area contributed by atoms with E-state index in [1.807, 2.05) is 0 Å². The molecule has 0 fully saturated rings. The Morgan fingerprint density at radius 2 is 1.44 bits per heavy atom. The van der Waals surface area contributed by atoms with E-state index in [1.54, 1.807) is 0 Å². The van der Waals surface area contributed by atoms with Gasteiger partial charge in [-0.2, -0.15) is 0 Å². The molecule has 0 aliphatic rings. The lowest BCUT2D eigenvalue weighted by atomic mass is 9.79. The lowest BCUT2D eigenvalue weighted by molar-refractivity contribution is -0.102. The lowest BCUT2D eigenvalue weighted by Crippen LogP contribution is -2.40. The van der Waals surface area contributed by atoms with Crippen LogP contribution in [0.2, 0.25) is 0 Å². The number of hydrogen-bond acceptors (Lipinski definition) is 2. The van der Waals surface area contributed by atoms with Crippen molar-refractivity contribution in [2.24, 2.45) is 5.41 Å². The summed E-state index contributed by atoms with van der Waals surface area (Å²) < 4.78 is 11.6. The van der Waals surface area contributed by atoms with Crippen LogP contribution in [0.4, 0.5) is 0 Å². The van der Waals surface area contributed by atoms with Crippen LogP contribution < -0.4 is 0 Å². The van der Waals surface area contributed by atoms with Crippen molar-refractivity contribution in [2.45, 2.75) is 79.6 Å². The average Bonchev–Trinajstić information content (AvgIpc) is 1.99. The summed E-state index contributed by atoms with van der Waals surface area (Å²) >= 11 is 0. The zero-order chi connectivity index (χ0) is 13.0. The van der Waals surface area contributed by atoms with E-state index < -0.39 is 0 Å². The molecule has 0 aromatic heterocycles. The molecule has 0 spiro atoms. The highest BCUT2D eigenvalue weighted by Crippen LogP contribution is 2.33. The highest BCUT2D eigenvalue weighted by molar-refractivity contribution is 4.83. The first kappa shape index (κ1) is 15.9. The molecule has 1 unspecified atom stereocenters. The standard InChI is InChI=1S/C14H30O2/c1-11(2)16-12(3)9-10-15-14(7,8)13(4,5)6/h11-12H,9-10H2,1-8H3. The molecule has 0 N–H and O–H groups in total. The second kappa shape index (κ2) is 6.02. The molecule has 0 amide bonds. The van der Waals surface area contributed by atoms with Crippen LogP contribution >= 0.6 is 0 Å². The molecule has 0 radical (unpaired) electrons. The Balaban J connectivity index is 3.90. The van der Waals surface area contributed by atoms with Crippen molar-refractivity contribution in [3.63, 3.8) is 0 Å². The fourth-order valence-electron chi connectivity index (χ4n) is 1.23. The number of rotatable bonds is 6. The Kier molecular flexibility index (Phi) is 5.99.